The predicted octanol–water partition coefficient (Wildman–Crippen LogP) is 0.858. The summed E-state index contributed by atoms with van der Waals surface area (Å²) in [6.45, 7) is 3.16. The minimum absolute atomic E-state index is 0.0925. The monoisotopic (exact) mass is 192 g/mol. The highest BCUT2D eigenvalue weighted by Gasteiger charge is 2.11. The summed E-state index contributed by atoms with van der Waals surface area (Å²) in [4.78, 5) is 0. The highest BCUT2D eigenvalue weighted by Crippen LogP contribution is 2.02. The average molecular weight is 192 g/mol. The van der Waals surface area contributed by atoms with Gasteiger partial charge in [-0.15, -0.1) is 3.89 Å². The minimum atomic E-state index is -0.0925. The fourth-order valence-corrected chi connectivity index (χ4v) is 1.01. The normalized spacial score (nSPS) is 18.1. The van der Waals surface area contributed by atoms with Crippen LogP contribution in [0.4, 0.5) is 3.89 Å². The lowest BCUT2D eigenvalue weighted by Crippen LogP contribution is -2.40. The Morgan fingerprint density at radius 3 is 3.08 bits per heavy atom. The van der Waals surface area contributed by atoms with E-state index in [1.54, 1.807) is 0 Å². The molecule has 3 nitrogen and oxygen atoms in total. The van der Waals surface area contributed by atoms with E-state index in [1.807, 2.05) is 6.20 Å². The van der Waals surface area contributed by atoms with Crippen LogP contribution in [0, 0.1) is 5.92 Å². The first kappa shape index (κ1) is 9.83. The van der Waals surface area contributed by atoms with E-state index in [0.29, 0.717) is 19.1 Å². The van der Waals surface area contributed by atoms with Gasteiger partial charge in [-0.2, -0.15) is 0 Å². The molecule has 2 N–H and O–H groups in total. The largest absolute Gasteiger partial charge is 0.389 e. The van der Waals surface area contributed by atoms with Gasteiger partial charge in [0, 0.05) is 25.6 Å². The molecular formula is C7H13FN2OS. The van der Waals surface area contributed by atoms with Crippen molar-refractivity contribution in [1.29, 1.82) is 0 Å². The number of nitrogens with one attached hydrogen (secondary N) is 2. The van der Waals surface area contributed by atoms with Gasteiger partial charge in [0.1, 0.15) is 0 Å². The van der Waals surface area contributed by atoms with Crippen molar-refractivity contribution < 1.29 is 8.07 Å². The molecule has 0 amide bonds. The molecule has 0 radical (unpaired) electrons. The average Bonchev–Trinajstić information content (AvgIpc) is 2.00. The maximum absolute atomic E-state index is 11.3. The zero-order valence-corrected chi connectivity index (χ0v) is 7.57. The molecule has 1 saturated heterocycles. The van der Waals surface area contributed by atoms with Crippen LogP contribution in [0.2, 0.25) is 0 Å². The third-order valence-electron chi connectivity index (χ3n) is 1.67. The zero-order chi connectivity index (χ0) is 8.65. The van der Waals surface area contributed by atoms with E-state index >= 15 is 0 Å². The molecule has 0 spiro atoms. The Morgan fingerprint density at radius 2 is 2.50 bits per heavy atom. The third kappa shape index (κ3) is 3.94. The van der Waals surface area contributed by atoms with Gasteiger partial charge in [-0.05, 0) is 6.20 Å². The molecule has 1 rings (SSSR count). The minimum Gasteiger partial charge on any atom is -0.389 e. The lowest BCUT2D eigenvalue weighted by atomic mass is 10.0. The summed E-state index contributed by atoms with van der Waals surface area (Å²) in [6.07, 6.45) is 4.01. The number of hydrogen-bond donors (Lipinski definition) is 2. The van der Waals surface area contributed by atoms with E-state index in [1.165, 1.54) is 0 Å². The summed E-state index contributed by atoms with van der Waals surface area (Å²) in [6, 6.07) is 0. The fourth-order valence-electron chi connectivity index (χ4n) is 0.867. The summed E-state index contributed by atoms with van der Waals surface area (Å²) >= 11 is -0.0925. The maximum Gasteiger partial charge on any atom is 0.208 e. The van der Waals surface area contributed by atoms with Crippen LogP contribution in [0.15, 0.2) is 12.3 Å². The van der Waals surface area contributed by atoms with Crippen molar-refractivity contribution in [1.82, 2.24) is 10.6 Å². The van der Waals surface area contributed by atoms with Gasteiger partial charge in [0.15, 0.2) is 0 Å². The first-order valence-corrected chi connectivity index (χ1v) is 4.58. The molecule has 1 fully saturated rings. The molecule has 5 heteroatoms. The van der Waals surface area contributed by atoms with Crippen molar-refractivity contribution in [2.24, 2.45) is 5.92 Å². The van der Waals surface area contributed by atoms with E-state index in [4.69, 9.17) is 0 Å². The van der Waals surface area contributed by atoms with Gasteiger partial charge in [-0.25, -0.2) is 0 Å². The van der Waals surface area contributed by atoms with Gasteiger partial charge in [-0.1, -0.05) is 6.08 Å². The van der Waals surface area contributed by atoms with Crippen LogP contribution in [0.1, 0.15) is 0 Å². The molecule has 1 aliphatic heterocycles. The molecule has 1 aliphatic rings. The summed E-state index contributed by atoms with van der Waals surface area (Å²) in [5.41, 5.74) is 0. The maximum atomic E-state index is 11.3. The topological polar surface area (TPSA) is 33.3 Å². The van der Waals surface area contributed by atoms with E-state index in [2.05, 4.69) is 20.9 Å². The van der Waals surface area contributed by atoms with Crippen LogP contribution in [0.3, 0.4) is 0 Å². The smallest absolute Gasteiger partial charge is 0.208 e. The third-order valence-corrected chi connectivity index (χ3v) is 1.93. The van der Waals surface area contributed by atoms with E-state index in [-0.39, 0.29) is 12.4 Å². The Bertz CT molecular complexity index is 141. The Balaban J connectivity index is 1.83. The summed E-state index contributed by atoms with van der Waals surface area (Å²) in [7, 11) is 0. The fraction of sp³-hybridized carbons (Fsp3) is 0.714. The lowest BCUT2D eigenvalue weighted by Gasteiger charge is -2.23. The molecule has 0 bridgehead atoms. The number of hydrogen-bond acceptors (Lipinski definition) is 4. The molecule has 70 valence electrons. The summed E-state index contributed by atoms with van der Waals surface area (Å²) in [5.74, 6) is 0.661. The second kappa shape index (κ2) is 6.28. The van der Waals surface area contributed by atoms with Crippen LogP contribution < -0.4 is 10.6 Å². The molecule has 12 heavy (non-hydrogen) atoms. The van der Waals surface area contributed by atoms with Crippen LogP contribution in [0.25, 0.3) is 0 Å². The number of rotatable bonds is 6. The van der Waals surface area contributed by atoms with Crippen molar-refractivity contribution in [2.45, 2.75) is 0 Å². The molecule has 0 atom stereocenters. The van der Waals surface area contributed by atoms with Crippen molar-refractivity contribution in [3.63, 3.8) is 0 Å². The Hall–Kier alpha value is -0.260. The number of halogens is 1. The SMILES string of the molecule is FSOCCN/C=C/C1CNC1. The van der Waals surface area contributed by atoms with Gasteiger partial charge in [0.05, 0.1) is 6.61 Å². The first-order valence-electron chi connectivity index (χ1n) is 3.94. The van der Waals surface area contributed by atoms with Gasteiger partial charge in [-0.3, -0.25) is 4.18 Å². The molecule has 0 aromatic heterocycles. The van der Waals surface area contributed by atoms with Crippen molar-refractivity contribution >= 4 is 12.4 Å². The second-order valence-electron chi connectivity index (χ2n) is 2.62. The van der Waals surface area contributed by atoms with Crippen molar-refractivity contribution in [3.8, 4) is 0 Å². The molecule has 0 aromatic rings. The van der Waals surface area contributed by atoms with Gasteiger partial charge in [0.2, 0.25) is 12.4 Å². The highest BCUT2D eigenvalue weighted by molar-refractivity contribution is 7.89. The molecule has 0 unspecified atom stereocenters. The standard InChI is InChI=1S/C7H13FN2OS/c8-12-11-4-3-9-2-1-7-5-10-6-7/h1-2,7,9-10H,3-6H2/b2-1+. The summed E-state index contributed by atoms with van der Waals surface area (Å²) in [5, 5.41) is 6.17. The van der Waals surface area contributed by atoms with Crippen LogP contribution in [-0.2, 0) is 4.18 Å². The van der Waals surface area contributed by atoms with E-state index in [0.717, 1.165) is 13.1 Å². The van der Waals surface area contributed by atoms with Crippen molar-refractivity contribution in [2.75, 3.05) is 26.2 Å². The predicted molar refractivity (Wildman–Crippen MR) is 48.2 cm³/mol. The summed E-state index contributed by atoms with van der Waals surface area (Å²) < 4.78 is 15.8. The molecular weight excluding hydrogens is 179 g/mol. The Morgan fingerprint density at radius 1 is 1.67 bits per heavy atom. The van der Waals surface area contributed by atoms with Gasteiger partial charge in [0.25, 0.3) is 0 Å². The molecule has 0 saturated carbocycles. The Kier molecular flexibility index (Phi) is 5.14. The zero-order valence-electron chi connectivity index (χ0n) is 6.75. The molecule has 1 heterocycles. The van der Waals surface area contributed by atoms with Crippen LogP contribution >= 0.6 is 12.4 Å². The lowest BCUT2D eigenvalue weighted by molar-refractivity contribution is 0.362. The second-order valence-corrected chi connectivity index (χ2v) is 2.98. The molecule has 0 aliphatic carbocycles. The van der Waals surface area contributed by atoms with Gasteiger partial charge < -0.3 is 10.6 Å². The molecule has 0 aromatic carbocycles. The van der Waals surface area contributed by atoms with Crippen molar-refractivity contribution in [3.05, 3.63) is 12.3 Å². The van der Waals surface area contributed by atoms with E-state index < -0.39 is 0 Å². The van der Waals surface area contributed by atoms with Crippen LogP contribution in [0.5, 0.6) is 0 Å². The van der Waals surface area contributed by atoms with E-state index in [9.17, 15) is 3.89 Å². The first-order chi connectivity index (χ1) is 5.93. The highest BCUT2D eigenvalue weighted by atomic mass is 32.2. The van der Waals surface area contributed by atoms with Gasteiger partial charge >= 0.3 is 0 Å². The van der Waals surface area contributed by atoms with Crippen LogP contribution in [-0.4, -0.2) is 26.2 Å². The Labute approximate surface area is 76.2 Å². The quantitative estimate of drug-likeness (QED) is 0.483.